The van der Waals surface area contributed by atoms with Crippen molar-refractivity contribution >= 4 is 11.8 Å². The molecule has 2 aliphatic rings. The number of nitrogens with zero attached hydrogens (tertiary/aromatic N) is 2. The second kappa shape index (κ2) is 11.5. The first-order chi connectivity index (χ1) is 12.2. The monoisotopic (exact) mass is 352 g/mol. The normalized spacial score (nSPS) is 19.8. The number of hydrogen-bond acceptors (Lipinski definition) is 4. The van der Waals surface area contributed by atoms with Gasteiger partial charge in [-0.1, -0.05) is 19.8 Å². The smallest absolute Gasteiger partial charge is 0.232 e. The van der Waals surface area contributed by atoms with Gasteiger partial charge in [-0.05, 0) is 58.3 Å². The van der Waals surface area contributed by atoms with Crippen LogP contribution in [-0.2, 0) is 9.59 Å². The molecule has 0 radical (unpaired) electrons. The minimum atomic E-state index is -0.567. The zero-order valence-corrected chi connectivity index (χ0v) is 15.9. The third kappa shape index (κ3) is 7.32. The Labute approximate surface area is 152 Å². The minimum absolute atomic E-state index is 0.130. The molecule has 0 unspecified atom stereocenters. The van der Waals surface area contributed by atoms with E-state index in [-0.39, 0.29) is 11.8 Å². The van der Waals surface area contributed by atoms with E-state index in [1.54, 1.807) is 0 Å². The van der Waals surface area contributed by atoms with Gasteiger partial charge in [-0.3, -0.25) is 9.59 Å². The van der Waals surface area contributed by atoms with Crippen molar-refractivity contribution in [3.63, 3.8) is 0 Å². The topological polar surface area (TPSA) is 64.7 Å². The van der Waals surface area contributed by atoms with Crippen molar-refractivity contribution in [2.24, 2.45) is 5.92 Å². The van der Waals surface area contributed by atoms with Gasteiger partial charge >= 0.3 is 0 Å². The van der Waals surface area contributed by atoms with Gasteiger partial charge in [0.2, 0.25) is 11.8 Å². The number of amides is 2. The van der Waals surface area contributed by atoms with Crippen LogP contribution in [0.15, 0.2) is 0 Å². The number of rotatable bonds is 9. The lowest BCUT2D eigenvalue weighted by Gasteiger charge is -2.27. The highest BCUT2D eigenvalue weighted by atomic mass is 16.2. The molecule has 0 saturated carbocycles. The molecule has 0 aromatic rings. The van der Waals surface area contributed by atoms with Gasteiger partial charge in [-0.15, -0.1) is 0 Å². The summed E-state index contributed by atoms with van der Waals surface area (Å²) >= 11 is 0. The number of piperidine rings is 2. The summed E-state index contributed by atoms with van der Waals surface area (Å²) in [4.78, 5) is 29.4. The Hall–Kier alpha value is -1.14. The SMILES string of the molecule is CCC(C(=O)NCCN1CCCCC1)C(=O)NCCN1CCCCC1. The van der Waals surface area contributed by atoms with E-state index in [4.69, 9.17) is 0 Å². The van der Waals surface area contributed by atoms with Gasteiger partial charge in [0, 0.05) is 26.2 Å². The third-order valence-corrected chi connectivity index (χ3v) is 5.39. The fraction of sp³-hybridized carbons (Fsp3) is 0.895. The Morgan fingerprint density at radius 3 is 1.52 bits per heavy atom. The highest BCUT2D eigenvalue weighted by molar-refractivity contribution is 6.00. The summed E-state index contributed by atoms with van der Waals surface area (Å²) in [6.07, 6.45) is 8.20. The number of likely N-dealkylation sites (tertiary alicyclic amines) is 2. The van der Waals surface area contributed by atoms with Crippen molar-refractivity contribution in [1.29, 1.82) is 0 Å². The van der Waals surface area contributed by atoms with E-state index < -0.39 is 5.92 Å². The molecule has 0 aromatic carbocycles. The summed E-state index contributed by atoms with van der Waals surface area (Å²) < 4.78 is 0. The van der Waals surface area contributed by atoms with Crippen molar-refractivity contribution in [2.75, 3.05) is 52.4 Å². The molecule has 2 N–H and O–H groups in total. The Kier molecular flexibility index (Phi) is 9.26. The fourth-order valence-electron chi connectivity index (χ4n) is 3.78. The molecule has 2 rings (SSSR count). The number of carbonyl (C=O) groups is 2. The molecule has 0 bridgehead atoms. The molecule has 6 heteroatoms. The summed E-state index contributed by atoms with van der Waals surface area (Å²) in [5, 5.41) is 5.90. The van der Waals surface area contributed by atoms with Gasteiger partial charge in [-0.2, -0.15) is 0 Å². The zero-order chi connectivity index (χ0) is 17.9. The quantitative estimate of drug-likeness (QED) is 0.613. The Morgan fingerprint density at radius 1 is 0.760 bits per heavy atom. The number of carbonyl (C=O) groups excluding carboxylic acids is 2. The van der Waals surface area contributed by atoms with Crippen molar-refractivity contribution < 1.29 is 9.59 Å². The number of hydrogen-bond donors (Lipinski definition) is 2. The highest BCUT2D eigenvalue weighted by Crippen LogP contribution is 2.09. The lowest BCUT2D eigenvalue weighted by Crippen LogP contribution is -2.45. The van der Waals surface area contributed by atoms with Gasteiger partial charge in [0.05, 0.1) is 0 Å². The molecule has 0 atom stereocenters. The van der Waals surface area contributed by atoms with Gasteiger partial charge in [0.1, 0.15) is 5.92 Å². The van der Waals surface area contributed by atoms with E-state index in [2.05, 4.69) is 20.4 Å². The third-order valence-electron chi connectivity index (χ3n) is 5.39. The maximum Gasteiger partial charge on any atom is 0.232 e. The van der Waals surface area contributed by atoms with Gasteiger partial charge in [-0.25, -0.2) is 0 Å². The lowest BCUT2D eigenvalue weighted by atomic mass is 10.0. The van der Waals surface area contributed by atoms with E-state index in [9.17, 15) is 9.59 Å². The molecule has 25 heavy (non-hydrogen) atoms. The largest absolute Gasteiger partial charge is 0.354 e. The molecular formula is C19H36N4O2. The highest BCUT2D eigenvalue weighted by Gasteiger charge is 2.24. The number of nitrogens with one attached hydrogen (secondary N) is 2. The summed E-state index contributed by atoms with van der Waals surface area (Å²) in [7, 11) is 0. The average Bonchev–Trinajstić information content (AvgIpc) is 2.64. The first-order valence-electron chi connectivity index (χ1n) is 10.2. The predicted molar refractivity (Wildman–Crippen MR) is 100 cm³/mol. The Morgan fingerprint density at radius 2 is 1.16 bits per heavy atom. The standard InChI is InChI=1S/C19H36N4O2/c1-2-17(18(24)20-9-15-22-11-5-3-6-12-22)19(25)21-10-16-23-13-7-4-8-14-23/h17H,2-16H2,1H3,(H,20,24)(H,21,25). The first-order valence-corrected chi connectivity index (χ1v) is 10.2. The molecule has 144 valence electrons. The van der Waals surface area contributed by atoms with Gasteiger partial charge < -0.3 is 20.4 Å². The molecule has 0 aliphatic carbocycles. The Bertz CT molecular complexity index is 368. The van der Waals surface area contributed by atoms with Crippen LogP contribution in [0, 0.1) is 5.92 Å². The molecule has 2 fully saturated rings. The van der Waals surface area contributed by atoms with Crippen LogP contribution in [0.4, 0.5) is 0 Å². The second-order valence-corrected chi connectivity index (χ2v) is 7.35. The van der Waals surface area contributed by atoms with Crippen LogP contribution in [0.3, 0.4) is 0 Å². The average molecular weight is 353 g/mol. The molecular weight excluding hydrogens is 316 g/mol. The summed E-state index contributed by atoms with van der Waals surface area (Å²) in [6, 6.07) is 0. The van der Waals surface area contributed by atoms with Crippen molar-refractivity contribution in [1.82, 2.24) is 20.4 Å². The summed E-state index contributed by atoms with van der Waals surface area (Å²) in [5.41, 5.74) is 0. The lowest BCUT2D eigenvalue weighted by molar-refractivity contribution is -0.135. The van der Waals surface area contributed by atoms with E-state index in [0.29, 0.717) is 19.5 Å². The van der Waals surface area contributed by atoms with Gasteiger partial charge in [0.25, 0.3) is 0 Å². The zero-order valence-electron chi connectivity index (χ0n) is 15.9. The molecule has 6 nitrogen and oxygen atoms in total. The van der Waals surface area contributed by atoms with E-state index in [1.165, 1.54) is 38.5 Å². The Balaban J connectivity index is 1.62. The summed E-state index contributed by atoms with van der Waals surface area (Å²) in [6.45, 7) is 9.46. The molecule has 2 amide bonds. The molecule has 2 heterocycles. The molecule has 2 aliphatic heterocycles. The van der Waals surface area contributed by atoms with Crippen LogP contribution in [0.1, 0.15) is 51.9 Å². The van der Waals surface area contributed by atoms with Gasteiger partial charge in [0.15, 0.2) is 0 Å². The van der Waals surface area contributed by atoms with Crippen LogP contribution in [0.5, 0.6) is 0 Å². The first kappa shape index (κ1) is 20.2. The van der Waals surface area contributed by atoms with Crippen LogP contribution < -0.4 is 10.6 Å². The molecule has 0 aromatic heterocycles. The van der Waals surface area contributed by atoms with E-state index in [1.807, 2.05) is 6.92 Å². The maximum atomic E-state index is 12.3. The van der Waals surface area contributed by atoms with Crippen LogP contribution in [0.25, 0.3) is 0 Å². The van der Waals surface area contributed by atoms with Crippen molar-refractivity contribution in [2.45, 2.75) is 51.9 Å². The minimum Gasteiger partial charge on any atom is -0.354 e. The van der Waals surface area contributed by atoms with Crippen LogP contribution in [-0.4, -0.2) is 74.0 Å². The predicted octanol–water partition coefficient (Wildman–Crippen LogP) is 1.22. The van der Waals surface area contributed by atoms with E-state index >= 15 is 0 Å². The molecule has 2 saturated heterocycles. The maximum absolute atomic E-state index is 12.3. The fourth-order valence-corrected chi connectivity index (χ4v) is 3.78. The second-order valence-electron chi connectivity index (χ2n) is 7.35. The molecule has 0 spiro atoms. The van der Waals surface area contributed by atoms with Crippen molar-refractivity contribution in [3.8, 4) is 0 Å². The van der Waals surface area contributed by atoms with Crippen LogP contribution >= 0.6 is 0 Å². The van der Waals surface area contributed by atoms with E-state index in [0.717, 1.165) is 39.3 Å². The summed E-state index contributed by atoms with van der Waals surface area (Å²) in [5.74, 6) is -0.826. The van der Waals surface area contributed by atoms with Crippen molar-refractivity contribution in [3.05, 3.63) is 0 Å². The van der Waals surface area contributed by atoms with Crippen LogP contribution in [0.2, 0.25) is 0 Å².